The summed E-state index contributed by atoms with van der Waals surface area (Å²) in [5, 5.41) is 9.67. The summed E-state index contributed by atoms with van der Waals surface area (Å²) in [6, 6.07) is 11.1. The molecule has 0 atom stereocenters. The SMILES string of the molecule is O=C(NCC1(c2ccsc2)CCCC1)C(=O)Nc1ccccc1. The zero-order chi connectivity index (χ0) is 16.1. The second kappa shape index (κ2) is 6.96. The van der Waals surface area contributed by atoms with E-state index in [1.165, 1.54) is 18.4 Å². The smallest absolute Gasteiger partial charge is 0.313 e. The number of hydrogen-bond acceptors (Lipinski definition) is 3. The third kappa shape index (κ3) is 3.62. The summed E-state index contributed by atoms with van der Waals surface area (Å²) in [6.07, 6.45) is 4.46. The van der Waals surface area contributed by atoms with Gasteiger partial charge in [0.05, 0.1) is 0 Å². The van der Waals surface area contributed by atoms with E-state index in [0.29, 0.717) is 12.2 Å². The Morgan fingerprint density at radius 2 is 1.78 bits per heavy atom. The topological polar surface area (TPSA) is 58.2 Å². The number of thiophene rings is 1. The van der Waals surface area contributed by atoms with E-state index in [1.807, 2.05) is 18.2 Å². The highest BCUT2D eigenvalue weighted by Gasteiger charge is 2.36. The molecular weight excluding hydrogens is 308 g/mol. The number of rotatable bonds is 4. The van der Waals surface area contributed by atoms with Crippen LogP contribution in [0.15, 0.2) is 47.2 Å². The van der Waals surface area contributed by atoms with Gasteiger partial charge in [0.2, 0.25) is 0 Å². The van der Waals surface area contributed by atoms with Crippen LogP contribution in [-0.2, 0) is 15.0 Å². The molecule has 0 aliphatic heterocycles. The van der Waals surface area contributed by atoms with Gasteiger partial charge in [-0.25, -0.2) is 0 Å². The minimum Gasteiger partial charge on any atom is -0.347 e. The summed E-state index contributed by atoms with van der Waals surface area (Å²) in [5.74, 6) is -1.19. The van der Waals surface area contributed by atoms with E-state index >= 15 is 0 Å². The van der Waals surface area contributed by atoms with Gasteiger partial charge in [0, 0.05) is 17.6 Å². The Balaban J connectivity index is 1.60. The van der Waals surface area contributed by atoms with E-state index in [-0.39, 0.29) is 5.41 Å². The molecule has 1 saturated carbocycles. The lowest BCUT2D eigenvalue weighted by atomic mass is 9.80. The molecule has 4 nitrogen and oxygen atoms in total. The standard InChI is InChI=1S/C18H20N2O2S/c21-16(17(22)20-15-6-2-1-3-7-15)19-13-18(9-4-5-10-18)14-8-11-23-12-14/h1-3,6-8,11-12H,4-5,9-10,13H2,(H,19,21)(H,20,22). The Bertz CT molecular complexity index is 662. The number of anilines is 1. The molecule has 1 aliphatic rings. The van der Waals surface area contributed by atoms with Crippen molar-refractivity contribution in [2.24, 2.45) is 0 Å². The van der Waals surface area contributed by atoms with Crippen molar-refractivity contribution in [3.63, 3.8) is 0 Å². The third-order valence-corrected chi connectivity index (χ3v) is 5.20. The second-order valence-corrected chi connectivity index (χ2v) is 6.78. The predicted molar refractivity (Wildman–Crippen MR) is 92.5 cm³/mol. The molecule has 1 aromatic carbocycles. The van der Waals surface area contributed by atoms with Crippen LogP contribution < -0.4 is 10.6 Å². The van der Waals surface area contributed by atoms with Crippen molar-refractivity contribution in [3.8, 4) is 0 Å². The molecule has 0 bridgehead atoms. The second-order valence-electron chi connectivity index (χ2n) is 6.00. The molecule has 5 heteroatoms. The largest absolute Gasteiger partial charge is 0.347 e. The van der Waals surface area contributed by atoms with Gasteiger partial charge < -0.3 is 10.6 Å². The molecule has 2 N–H and O–H groups in total. The summed E-state index contributed by atoms with van der Waals surface area (Å²) in [7, 11) is 0. The van der Waals surface area contributed by atoms with Gasteiger partial charge in [-0.05, 0) is 47.4 Å². The van der Waals surface area contributed by atoms with Crippen LogP contribution in [0.1, 0.15) is 31.2 Å². The first kappa shape index (κ1) is 15.7. The fourth-order valence-electron chi connectivity index (χ4n) is 3.22. The zero-order valence-corrected chi connectivity index (χ0v) is 13.7. The van der Waals surface area contributed by atoms with E-state index in [4.69, 9.17) is 0 Å². The maximum Gasteiger partial charge on any atom is 0.313 e. The van der Waals surface area contributed by atoms with Crippen molar-refractivity contribution in [2.75, 3.05) is 11.9 Å². The van der Waals surface area contributed by atoms with Gasteiger partial charge in [0.25, 0.3) is 0 Å². The lowest BCUT2D eigenvalue weighted by molar-refractivity contribution is -0.136. The van der Waals surface area contributed by atoms with E-state index in [1.54, 1.807) is 23.5 Å². The molecule has 0 saturated heterocycles. The number of amides is 2. The predicted octanol–water partition coefficient (Wildman–Crippen LogP) is 3.31. The minimum absolute atomic E-state index is 0.0112. The van der Waals surface area contributed by atoms with E-state index < -0.39 is 11.8 Å². The van der Waals surface area contributed by atoms with Crippen LogP contribution in [0.25, 0.3) is 0 Å². The van der Waals surface area contributed by atoms with E-state index in [2.05, 4.69) is 27.5 Å². The monoisotopic (exact) mass is 328 g/mol. The maximum atomic E-state index is 12.1. The lowest BCUT2D eigenvalue weighted by Gasteiger charge is -2.28. The number of carbonyl (C=O) groups is 2. The Hall–Kier alpha value is -2.14. The van der Waals surface area contributed by atoms with Crippen molar-refractivity contribution < 1.29 is 9.59 Å². The Morgan fingerprint density at radius 1 is 1.04 bits per heavy atom. The number of benzene rings is 1. The number of para-hydroxylation sites is 1. The molecule has 23 heavy (non-hydrogen) atoms. The van der Waals surface area contributed by atoms with Crippen molar-refractivity contribution >= 4 is 28.8 Å². The Labute approximate surface area is 139 Å². The minimum atomic E-state index is -0.616. The van der Waals surface area contributed by atoms with Gasteiger partial charge in [-0.15, -0.1) is 0 Å². The van der Waals surface area contributed by atoms with Crippen molar-refractivity contribution in [1.29, 1.82) is 0 Å². The summed E-state index contributed by atoms with van der Waals surface area (Å²) in [5.41, 5.74) is 1.90. The quantitative estimate of drug-likeness (QED) is 0.846. The maximum absolute atomic E-state index is 12.1. The van der Waals surface area contributed by atoms with Crippen molar-refractivity contribution in [3.05, 3.63) is 52.7 Å². The molecule has 120 valence electrons. The van der Waals surface area contributed by atoms with Gasteiger partial charge >= 0.3 is 11.8 Å². The number of nitrogens with one attached hydrogen (secondary N) is 2. The van der Waals surface area contributed by atoms with Gasteiger partial charge in [0.1, 0.15) is 0 Å². The van der Waals surface area contributed by atoms with Crippen LogP contribution in [0.3, 0.4) is 0 Å². The average molecular weight is 328 g/mol. The number of carbonyl (C=O) groups excluding carboxylic acids is 2. The van der Waals surface area contributed by atoms with Gasteiger partial charge in [-0.2, -0.15) is 11.3 Å². The fraction of sp³-hybridized carbons (Fsp3) is 0.333. The lowest BCUT2D eigenvalue weighted by Crippen LogP contribution is -2.43. The molecule has 1 fully saturated rings. The van der Waals surface area contributed by atoms with Crippen molar-refractivity contribution in [1.82, 2.24) is 5.32 Å². The first-order valence-corrected chi connectivity index (χ1v) is 8.81. The summed E-state index contributed by atoms with van der Waals surface area (Å²) >= 11 is 1.68. The van der Waals surface area contributed by atoms with Crippen molar-refractivity contribution in [2.45, 2.75) is 31.1 Å². The van der Waals surface area contributed by atoms with Crippen LogP contribution in [0.4, 0.5) is 5.69 Å². The van der Waals surface area contributed by atoms with Crippen LogP contribution in [0, 0.1) is 0 Å². The molecule has 0 radical (unpaired) electrons. The third-order valence-electron chi connectivity index (χ3n) is 4.52. The average Bonchev–Trinajstić information content (AvgIpc) is 3.25. The molecule has 3 rings (SSSR count). The van der Waals surface area contributed by atoms with Gasteiger partial charge in [0.15, 0.2) is 0 Å². The Kier molecular flexibility index (Phi) is 4.76. The highest BCUT2D eigenvalue weighted by molar-refractivity contribution is 7.08. The molecular formula is C18H20N2O2S. The first-order chi connectivity index (χ1) is 11.2. The van der Waals surface area contributed by atoms with Crippen LogP contribution in [-0.4, -0.2) is 18.4 Å². The van der Waals surface area contributed by atoms with Gasteiger partial charge in [-0.3, -0.25) is 9.59 Å². The molecule has 2 aromatic rings. The van der Waals surface area contributed by atoms with E-state index in [9.17, 15) is 9.59 Å². The van der Waals surface area contributed by atoms with Crippen LogP contribution in [0.5, 0.6) is 0 Å². The highest BCUT2D eigenvalue weighted by Crippen LogP contribution is 2.41. The van der Waals surface area contributed by atoms with Gasteiger partial charge in [-0.1, -0.05) is 31.0 Å². The Morgan fingerprint density at radius 3 is 2.43 bits per heavy atom. The summed E-state index contributed by atoms with van der Waals surface area (Å²) in [4.78, 5) is 24.1. The molecule has 0 spiro atoms. The van der Waals surface area contributed by atoms with Crippen LogP contribution in [0.2, 0.25) is 0 Å². The summed E-state index contributed by atoms with van der Waals surface area (Å²) in [6.45, 7) is 0.519. The van der Waals surface area contributed by atoms with Crippen LogP contribution >= 0.6 is 11.3 Å². The molecule has 2 amide bonds. The van der Waals surface area contributed by atoms with E-state index in [0.717, 1.165) is 12.8 Å². The first-order valence-electron chi connectivity index (χ1n) is 7.87. The zero-order valence-electron chi connectivity index (χ0n) is 12.9. The normalized spacial score (nSPS) is 16.0. The highest BCUT2D eigenvalue weighted by atomic mass is 32.1. The summed E-state index contributed by atoms with van der Waals surface area (Å²) < 4.78 is 0. The number of hydrogen-bond donors (Lipinski definition) is 2. The molecule has 1 heterocycles. The molecule has 1 aromatic heterocycles. The molecule has 1 aliphatic carbocycles. The fourth-order valence-corrected chi connectivity index (χ4v) is 4.00. The molecule has 0 unspecified atom stereocenters.